The van der Waals surface area contributed by atoms with E-state index in [1.165, 1.54) is 17.0 Å². The molecule has 1 saturated heterocycles. The Morgan fingerprint density at radius 2 is 1.68 bits per heavy atom. The van der Waals surface area contributed by atoms with Crippen molar-refractivity contribution in [1.82, 2.24) is 10.2 Å². The summed E-state index contributed by atoms with van der Waals surface area (Å²) < 4.78 is 10.4. The van der Waals surface area contributed by atoms with Crippen molar-refractivity contribution in [2.24, 2.45) is 0 Å². The second kappa shape index (κ2) is 9.88. The third-order valence-electron chi connectivity index (χ3n) is 5.00. The summed E-state index contributed by atoms with van der Waals surface area (Å²) >= 11 is 0. The average Bonchev–Trinajstić information content (AvgIpc) is 3.10. The summed E-state index contributed by atoms with van der Waals surface area (Å²) in [4.78, 5) is 49.0. The first-order valence-electron chi connectivity index (χ1n) is 9.90. The van der Waals surface area contributed by atoms with Gasteiger partial charge in [-0.05, 0) is 30.7 Å². The number of rotatable bonds is 8. The second-order valence-corrected chi connectivity index (χ2v) is 7.18. The number of ether oxygens (including phenoxy) is 2. The predicted molar refractivity (Wildman–Crippen MR) is 111 cm³/mol. The van der Waals surface area contributed by atoms with E-state index in [2.05, 4.69) is 5.32 Å². The highest BCUT2D eigenvalue weighted by Gasteiger charge is 2.28. The van der Waals surface area contributed by atoms with E-state index in [1.54, 1.807) is 25.3 Å². The van der Waals surface area contributed by atoms with Crippen molar-refractivity contribution in [2.45, 2.75) is 32.4 Å². The Morgan fingerprint density at radius 1 is 1.03 bits per heavy atom. The molecule has 0 spiro atoms. The van der Waals surface area contributed by atoms with E-state index in [-0.39, 0.29) is 42.8 Å². The second-order valence-electron chi connectivity index (χ2n) is 7.18. The molecule has 2 aromatic rings. The number of nitrogens with one attached hydrogen (secondary N) is 1. The summed E-state index contributed by atoms with van der Waals surface area (Å²) in [5, 5.41) is 2.77. The molecular weight excluding hydrogens is 400 g/mol. The fourth-order valence-corrected chi connectivity index (χ4v) is 3.33. The summed E-state index contributed by atoms with van der Waals surface area (Å²) in [5.41, 5.74) is 1.81. The third-order valence-corrected chi connectivity index (χ3v) is 5.00. The molecule has 1 heterocycles. The number of imide groups is 1. The van der Waals surface area contributed by atoms with Gasteiger partial charge in [0.05, 0.1) is 25.3 Å². The number of nitrogens with zero attached hydrogens (tertiary/aromatic N) is 1. The van der Waals surface area contributed by atoms with Crippen LogP contribution in [0.3, 0.4) is 0 Å². The highest BCUT2D eigenvalue weighted by atomic mass is 16.5. The minimum absolute atomic E-state index is 0.177. The van der Waals surface area contributed by atoms with Crippen molar-refractivity contribution in [2.75, 3.05) is 13.7 Å². The van der Waals surface area contributed by atoms with Crippen LogP contribution in [0.15, 0.2) is 48.5 Å². The van der Waals surface area contributed by atoms with Crippen molar-refractivity contribution in [3.63, 3.8) is 0 Å². The first kappa shape index (κ1) is 22.0. The van der Waals surface area contributed by atoms with E-state index in [9.17, 15) is 19.2 Å². The van der Waals surface area contributed by atoms with Crippen LogP contribution in [0.25, 0.3) is 0 Å². The summed E-state index contributed by atoms with van der Waals surface area (Å²) in [6, 6.07) is 13.4. The first-order valence-corrected chi connectivity index (χ1v) is 9.90. The lowest BCUT2D eigenvalue weighted by atomic mass is 10.1. The molecule has 3 amide bonds. The fraction of sp³-hybridized carbons (Fsp3) is 0.304. The monoisotopic (exact) mass is 424 g/mol. The molecule has 1 unspecified atom stereocenters. The van der Waals surface area contributed by atoms with Gasteiger partial charge < -0.3 is 14.8 Å². The van der Waals surface area contributed by atoms with Crippen LogP contribution >= 0.6 is 0 Å². The van der Waals surface area contributed by atoms with E-state index in [4.69, 9.17) is 9.47 Å². The zero-order chi connectivity index (χ0) is 22.4. The maximum Gasteiger partial charge on any atom is 0.338 e. The molecule has 1 aliphatic rings. The molecule has 2 aromatic carbocycles. The summed E-state index contributed by atoms with van der Waals surface area (Å²) in [5.74, 6) is -0.803. The van der Waals surface area contributed by atoms with Gasteiger partial charge in [0.2, 0.25) is 11.8 Å². The van der Waals surface area contributed by atoms with Crippen LogP contribution in [0.2, 0.25) is 0 Å². The molecule has 162 valence electrons. The lowest BCUT2D eigenvalue weighted by Gasteiger charge is -2.17. The van der Waals surface area contributed by atoms with Crippen molar-refractivity contribution in [1.29, 1.82) is 0 Å². The molecule has 0 aromatic heterocycles. The Labute approximate surface area is 180 Å². The maximum atomic E-state index is 12.2. The zero-order valence-electron chi connectivity index (χ0n) is 17.4. The Hall–Kier alpha value is -3.68. The van der Waals surface area contributed by atoms with Crippen LogP contribution in [-0.4, -0.2) is 42.3 Å². The van der Waals surface area contributed by atoms with E-state index < -0.39 is 18.5 Å². The number of carbonyl (C=O) groups excluding carboxylic acids is 4. The number of methoxy groups -OCH3 is 1. The van der Waals surface area contributed by atoms with Crippen LogP contribution in [-0.2, 0) is 25.7 Å². The number of likely N-dealkylation sites (tertiary alicyclic amines) is 1. The smallest absolute Gasteiger partial charge is 0.338 e. The maximum absolute atomic E-state index is 12.2. The standard InChI is InChI=1S/C23H24N2O6/c1-15(18-5-3-4-6-19(18)30-2)24-20(26)14-31-23(29)17-9-7-16(8-10-17)13-25-21(27)11-12-22(25)28/h3-10,15H,11-14H2,1-2H3,(H,24,26). The number of hydrogen-bond acceptors (Lipinski definition) is 6. The highest BCUT2D eigenvalue weighted by molar-refractivity contribution is 6.01. The lowest BCUT2D eigenvalue weighted by molar-refractivity contribution is -0.139. The number of carbonyl (C=O) groups is 4. The molecule has 3 rings (SSSR count). The van der Waals surface area contributed by atoms with Crippen LogP contribution < -0.4 is 10.1 Å². The Kier molecular flexibility index (Phi) is 7.02. The Bertz CT molecular complexity index is 970. The van der Waals surface area contributed by atoms with Crippen LogP contribution in [0, 0.1) is 0 Å². The quantitative estimate of drug-likeness (QED) is 0.516. The molecule has 1 aliphatic heterocycles. The SMILES string of the molecule is COc1ccccc1C(C)NC(=O)COC(=O)c1ccc(CN2C(=O)CCC2=O)cc1. The molecule has 1 N–H and O–H groups in total. The van der Waals surface area contributed by atoms with Gasteiger partial charge in [0.1, 0.15) is 5.75 Å². The minimum Gasteiger partial charge on any atom is -0.496 e. The van der Waals surface area contributed by atoms with Gasteiger partial charge in [-0.25, -0.2) is 4.79 Å². The van der Waals surface area contributed by atoms with Gasteiger partial charge in [-0.3, -0.25) is 19.3 Å². The average molecular weight is 424 g/mol. The molecule has 8 heteroatoms. The first-order chi connectivity index (χ1) is 14.9. The van der Waals surface area contributed by atoms with Crippen LogP contribution in [0.1, 0.15) is 47.3 Å². The van der Waals surface area contributed by atoms with Gasteiger partial charge in [-0.1, -0.05) is 30.3 Å². The van der Waals surface area contributed by atoms with E-state index in [1.807, 2.05) is 25.1 Å². The number of para-hydroxylation sites is 1. The molecule has 0 bridgehead atoms. The van der Waals surface area contributed by atoms with Gasteiger partial charge in [-0.2, -0.15) is 0 Å². The van der Waals surface area contributed by atoms with E-state index in [0.29, 0.717) is 5.75 Å². The fourth-order valence-electron chi connectivity index (χ4n) is 3.33. The molecule has 0 radical (unpaired) electrons. The van der Waals surface area contributed by atoms with Gasteiger partial charge in [0, 0.05) is 18.4 Å². The lowest BCUT2D eigenvalue weighted by Crippen LogP contribution is -2.31. The van der Waals surface area contributed by atoms with Crippen LogP contribution in [0.5, 0.6) is 5.75 Å². The Morgan fingerprint density at radius 3 is 2.32 bits per heavy atom. The van der Waals surface area contributed by atoms with Crippen molar-refractivity contribution in [3.05, 3.63) is 65.2 Å². The normalized spacial score (nSPS) is 14.3. The van der Waals surface area contributed by atoms with Crippen LogP contribution in [0.4, 0.5) is 0 Å². The number of amides is 3. The number of esters is 1. The number of hydrogen-bond donors (Lipinski definition) is 1. The molecule has 31 heavy (non-hydrogen) atoms. The van der Waals surface area contributed by atoms with Gasteiger partial charge in [-0.15, -0.1) is 0 Å². The van der Waals surface area contributed by atoms with Crippen molar-refractivity contribution in [3.8, 4) is 5.75 Å². The Balaban J connectivity index is 1.50. The molecule has 8 nitrogen and oxygen atoms in total. The summed E-state index contributed by atoms with van der Waals surface area (Å²) in [6.07, 6.45) is 0.474. The van der Waals surface area contributed by atoms with E-state index in [0.717, 1.165) is 11.1 Å². The molecule has 0 aliphatic carbocycles. The number of benzene rings is 2. The summed E-state index contributed by atoms with van der Waals surface area (Å²) in [6.45, 7) is 1.57. The topological polar surface area (TPSA) is 102 Å². The minimum atomic E-state index is -0.639. The predicted octanol–water partition coefficient (Wildman–Crippen LogP) is 2.38. The largest absolute Gasteiger partial charge is 0.496 e. The molecular formula is C23H24N2O6. The van der Waals surface area contributed by atoms with Gasteiger partial charge >= 0.3 is 5.97 Å². The third kappa shape index (κ3) is 5.48. The highest BCUT2D eigenvalue weighted by Crippen LogP contribution is 2.24. The van der Waals surface area contributed by atoms with E-state index >= 15 is 0 Å². The molecule has 1 atom stereocenters. The van der Waals surface area contributed by atoms with Crippen molar-refractivity contribution < 1.29 is 28.7 Å². The molecule has 1 fully saturated rings. The van der Waals surface area contributed by atoms with Gasteiger partial charge in [0.25, 0.3) is 5.91 Å². The van der Waals surface area contributed by atoms with Gasteiger partial charge in [0.15, 0.2) is 6.61 Å². The summed E-state index contributed by atoms with van der Waals surface area (Å²) in [7, 11) is 1.56. The van der Waals surface area contributed by atoms with Crippen molar-refractivity contribution >= 4 is 23.7 Å². The zero-order valence-corrected chi connectivity index (χ0v) is 17.4. The molecule has 0 saturated carbocycles.